The van der Waals surface area contributed by atoms with Crippen LogP contribution in [0.15, 0.2) is 29.4 Å². The molecule has 1 N–H and O–H groups in total. The van der Waals surface area contributed by atoms with Crippen LogP contribution >= 0.6 is 11.8 Å². The number of carbonyl (C=O) groups excluding carboxylic acids is 1. The zero-order valence-corrected chi connectivity index (χ0v) is 17.3. The molecule has 0 saturated carbocycles. The number of ether oxygens (including phenoxy) is 1. The summed E-state index contributed by atoms with van der Waals surface area (Å²) in [5.74, 6) is 1.92. The molecule has 0 aliphatic carbocycles. The molecule has 0 bridgehead atoms. The van der Waals surface area contributed by atoms with E-state index < -0.39 is 0 Å². The molecular formula is C21H27N3O2S. The van der Waals surface area contributed by atoms with E-state index in [1.807, 2.05) is 32.0 Å². The van der Waals surface area contributed by atoms with Gasteiger partial charge in [0.1, 0.15) is 5.75 Å². The van der Waals surface area contributed by atoms with E-state index in [9.17, 15) is 4.79 Å². The van der Waals surface area contributed by atoms with Crippen molar-refractivity contribution in [3.05, 3.63) is 41.2 Å². The smallest absolute Gasteiger partial charge is 0.225 e. The molecule has 2 heterocycles. The number of aryl methyl sites for hydroxylation is 2. The third kappa shape index (κ3) is 5.22. The summed E-state index contributed by atoms with van der Waals surface area (Å²) in [5.41, 5.74) is 3.90. The summed E-state index contributed by atoms with van der Waals surface area (Å²) in [6.45, 7) is 8.87. The molecule has 1 amide bonds. The zero-order chi connectivity index (χ0) is 19.4. The molecule has 0 spiro atoms. The van der Waals surface area contributed by atoms with E-state index in [0.717, 1.165) is 52.1 Å². The van der Waals surface area contributed by atoms with Gasteiger partial charge in [0.15, 0.2) is 5.16 Å². The number of fused-ring (bicyclic) bond motifs is 1. The van der Waals surface area contributed by atoms with Crippen LogP contribution in [0.4, 0.5) is 5.69 Å². The van der Waals surface area contributed by atoms with Crippen molar-refractivity contribution in [1.82, 2.24) is 9.97 Å². The van der Waals surface area contributed by atoms with Gasteiger partial charge in [0.05, 0.1) is 6.61 Å². The number of anilines is 1. The van der Waals surface area contributed by atoms with Gasteiger partial charge in [0.2, 0.25) is 5.91 Å². The number of unbranched alkanes of at least 4 members (excludes halogenated alkanes) is 1. The minimum atomic E-state index is -0.167. The molecule has 27 heavy (non-hydrogen) atoms. The molecular weight excluding hydrogens is 358 g/mol. The van der Waals surface area contributed by atoms with Crippen LogP contribution in [-0.2, 0) is 10.2 Å². The largest absolute Gasteiger partial charge is 0.494 e. The minimum Gasteiger partial charge on any atom is -0.494 e. The first-order chi connectivity index (χ1) is 12.8. The number of amides is 1. The molecule has 144 valence electrons. The molecule has 1 aromatic heterocycles. The van der Waals surface area contributed by atoms with E-state index in [0.29, 0.717) is 13.0 Å². The van der Waals surface area contributed by atoms with Crippen LogP contribution in [0.1, 0.15) is 50.1 Å². The van der Waals surface area contributed by atoms with Crippen LogP contribution in [0.2, 0.25) is 0 Å². The average molecular weight is 386 g/mol. The predicted octanol–water partition coefficient (Wildman–Crippen LogP) is 4.66. The maximum absolute atomic E-state index is 11.8. The molecule has 1 aliphatic heterocycles. The van der Waals surface area contributed by atoms with E-state index >= 15 is 0 Å². The second kappa shape index (κ2) is 8.30. The van der Waals surface area contributed by atoms with Crippen LogP contribution < -0.4 is 10.1 Å². The Hall–Kier alpha value is -2.08. The van der Waals surface area contributed by atoms with Gasteiger partial charge < -0.3 is 10.1 Å². The van der Waals surface area contributed by atoms with Gasteiger partial charge in [-0.15, -0.1) is 0 Å². The van der Waals surface area contributed by atoms with Gasteiger partial charge in [-0.05, 0) is 56.5 Å². The third-order valence-electron chi connectivity index (χ3n) is 4.60. The number of hydrogen-bond acceptors (Lipinski definition) is 5. The molecule has 0 radical (unpaired) electrons. The lowest BCUT2D eigenvalue weighted by Gasteiger charge is -2.32. The Morgan fingerprint density at radius 1 is 1.15 bits per heavy atom. The fourth-order valence-corrected chi connectivity index (χ4v) is 4.24. The standard InChI is InChI=1S/C21H27N3O2S/c1-14-11-15(2)23-20(22-14)27-10-6-5-9-26-16-7-8-18-17(12-16)21(3,4)13-19(25)24-18/h7-8,11-12H,5-6,9-10,13H2,1-4H3,(H,24,25). The van der Waals surface area contributed by atoms with Crippen molar-refractivity contribution in [2.45, 2.75) is 57.5 Å². The summed E-state index contributed by atoms with van der Waals surface area (Å²) in [6.07, 6.45) is 2.53. The molecule has 1 aliphatic rings. The molecule has 0 saturated heterocycles. The first kappa shape index (κ1) is 19.7. The fourth-order valence-electron chi connectivity index (χ4n) is 3.29. The highest BCUT2D eigenvalue weighted by Crippen LogP contribution is 2.39. The number of nitrogens with one attached hydrogen (secondary N) is 1. The summed E-state index contributed by atoms with van der Waals surface area (Å²) in [4.78, 5) is 20.7. The lowest BCUT2D eigenvalue weighted by Crippen LogP contribution is -2.32. The van der Waals surface area contributed by atoms with Gasteiger partial charge >= 0.3 is 0 Å². The Kier molecular flexibility index (Phi) is 6.05. The number of rotatable bonds is 7. The highest BCUT2D eigenvalue weighted by Gasteiger charge is 2.32. The van der Waals surface area contributed by atoms with E-state index in [4.69, 9.17) is 4.74 Å². The lowest BCUT2D eigenvalue weighted by molar-refractivity contribution is -0.117. The summed E-state index contributed by atoms with van der Waals surface area (Å²) in [7, 11) is 0. The maximum Gasteiger partial charge on any atom is 0.225 e. The summed E-state index contributed by atoms with van der Waals surface area (Å²) in [6, 6.07) is 7.92. The first-order valence-corrected chi connectivity index (χ1v) is 10.3. The van der Waals surface area contributed by atoms with Gasteiger partial charge in [-0.25, -0.2) is 9.97 Å². The van der Waals surface area contributed by atoms with Crippen molar-refractivity contribution in [1.29, 1.82) is 0 Å². The Morgan fingerprint density at radius 2 is 1.89 bits per heavy atom. The molecule has 0 unspecified atom stereocenters. The first-order valence-electron chi connectivity index (χ1n) is 9.36. The van der Waals surface area contributed by atoms with Crippen LogP contribution in [0.5, 0.6) is 5.75 Å². The molecule has 5 nitrogen and oxygen atoms in total. The van der Waals surface area contributed by atoms with Crippen LogP contribution in [0.3, 0.4) is 0 Å². The lowest BCUT2D eigenvalue weighted by atomic mass is 9.78. The topological polar surface area (TPSA) is 64.1 Å². The molecule has 6 heteroatoms. The summed E-state index contributed by atoms with van der Waals surface area (Å²) >= 11 is 1.70. The van der Waals surface area contributed by atoms with Crippen molar-refractivity contribution >= 4 is 23.4 Å². The highest BCUT2D eigenvalue weighted by atomic mass is 32.2. The van der Waals surface area contributed by atoms with Gasteiger partial charge in [-0.1, -0.05) is 25.6 Å². The molecule has 3 rings (SSSR count). The third-order valence-corrected chi connectivity index (χ3v) is 5.53. The Balaban J connectivity index is 1.45. The number of aromatic nitrogens is 2. The van der Waals surface area contributed by atoms with Gasteiger partial charge in [0.25, 0.3) is 0 Å². The van der Waals surface area contributed by atoms with Crippen molar-refractivity contribution in [3.8, 4) is 5.75 Å². The Morgan fingerprint density at radius 3 is 2.63 bits per heavy atom. The number of thioether (sulfide) groups is 1. The second-order valence-corrected chi connectivity index (χ2v) is 8.72. The molecule has 0 fully saturated rings. The van der Waals surface area contributed by atoms with Crippen molar-refractivity contribution < 1.29 is 9.53 Å². The Labute approximate surface area is 165 Å². The quantitative estimate of drug-likeness (QED) is 0.426. The molecule has 1 aromatic carbocycles. The number of carbonyl (C=O) groups is 1. The van der Waals surface area contributed by atoms with Gasteiger partial charge in [-0.2, -0.15) is 0 Å². The number of hydrogen-bond donors (Lipinski definition) is 1. The van der Waals surface area contributed by atoms with Crippen LogP contribution in [-0.4, -0.2) is 28.2 Å². The van der Waals surface area contributed by atoms with Crippen LogP contribution in [0, 0.1) is 13.8 Å². The second-order valence-electron chi connectivity index (χ2n) is 7.65. The average Bonchev–Trinajstić information content (AvgIpc) is 2.56. The number of benzene rings is 1. The predicted molar refractivity (Wildman–Crippen MR) is 110 cm³/mol. The van der Waals surface area contributed by atoms with Crippen molar-refractivity contribution in [3.63, 3.8) is 0 Å². The van der Waals surface area contributed by atoms with Crippen molar-refractivity contribution in [2.75, 3.05) is 17.7 Å². The SMILES string of the molecule is Cc1cc(C)nc(SCCCCOc2ccc3c(c2)C(C)(C)CC(=O)N3)n1. The van der Waals surface area contributed by atoms with E-state index in [1.54, 1.807) is 11.8 Å². The van der Waals surface area contributed by atoms with E-state index in [2.05, 4.69) is 35.2 Å². The summed E-state index contributed by atoms with van der Waals surface area (Å²) in [5, 5.41) is 3.80. The van der Waals surface area contributed by atoms with Gasteiger partial charge in [-0.3, -0.25) is 4.79 Å². The van der Waals surface area contributed by atoms with Crippen LogP contribution in [0.25, 0.3) is 0 Å². The zero-order valence-electron chi connectivity index (χ0n) is 16.5. The fraction of sp³-hybridized carbons (Fsp3) is 0.476. The van der Waals surface area contributed by atoms with E-state index in [1.165, 1.54) is 0 Å². The normalized spacial score (nSPS) is 15.2. The monoisotopic (exact) mass is 385 g/mol. The van der Waals surface area contributed by atoms with E-state index in [-0.39, 0.29) is 11.3 Å². The maximum atomic E-state index is 11.8. The number of nitrogens with zero attached hydrogens (tertiary/aromatic N) is 2. The van der Waals surface area contributed by atoms with Crippen molar-refractivity contribution in [2.24, 2.45) is 0 Å². The molecule has 0 atom stereocenters. The summed E-state index contributed by atoms with van der Waals surface area (Å²) < 4.78 is 5.93. The Bertz CT molecular complexity index is 816. The van der Waals surface area contributed by atoms with Gasteiger partial charge in [0, 0.05) is 34.7 Å². The molecule has 2 aromatic rings. The minimum absolute atomic E-state index is 0.0754. The highest BCUT2D eigenvalue weighted by molar-refractivity contribution is 7.99.